The molecule has 7 heteroatoms. The van der Waals surface area contributed by atoms with E-state index in [2.05, 4.69) is 5.10 Å². The maximum atomic E-state index is 13.3. The van der Waals surface area contributed by atoms with Gasteiger partial charge in [0.1, 0.15) is 11.6 Å². The third kappa shape index (κ3) is 4.31. The smallest absolute Gasteiger partial charge is 0.243 e. The first-order valence-electron chi connectivity index (χ1n) is 8.47. The van der Waals surface area contributed by atoms with Crippen LogP contribution in [0.2, 0.25) is 0 Å². The van der Waals surface area contributed by atoms with Gasteiger partial charge < -0.3 is 14.6 Å². The molecule has 27 heavy (non-hydrogen) atoms. The minimum Gasteiger partial charge on any atom is -0.550 e. The normalized spacial score (nSPS) is 16.1. The molecular formula is C20H18FN2O4-. The van der Waals surface area contributed by atoms with Gasteiger partial charge in [0, 0.05) is 18.8 Å². The second-order valence-electron chi connectivity index (χ2n) is 6.16. The minimum atomic E-state index is -1.29. The Morgan fingerprint density at radius 3 is 2.41 bits per heavy atom. The second kappa shape index (κ2) is 7.99. The van der Waals surface area contributed by atoms with Gasteiger partial charge >= 0.3 is 0 Å². The van der Waals surface area contributed by atoms with Crippen LogP contribution in [0.5, 0.6) is 5.75 Å². The van der Waals surface area contributed by atoms with Crippen LogP contribution in [0.25, 0.3) is 0 Å². The van der Waals surface area contributed by atoms with Crippen LogP contribution < -0.4 is 9.84 Å². The lowest BCUT2D eigenvalue weighted by Gasteiger charge is -2.22. The van der Waals surface area contributed by atoms with Crippen LogP contribution in [-0.4, -0.2) is 29.7 Å². The molecule has 0 saturated heterocycles. The Balaban J connectivity index is 1.88. The monoisotopic (exact) mass is 369 g/mol. The van der Waals surface area contributed by atoms with E-state index in [0.717, 1.165) is 11.1 Å². The molecule has 0 fully saturated rings. The van der Waals surface area contributed by atoms with Crippen LogP contribution in [0.1, 0.15) is 36.4 Å². The molecule has 0 N–H and O–H groups in total. The largest absolute Gasteiger partial charge is 0.550 e. The number of benzene rings is 2. The number of carboxylic acid groups (broad SMARTS) is 1. The number of nitrogens with zero attached hydrogens (tertiary/aromatic N) is 2. The topological polar surface area (TPSA) is 82.0 Å². The molecule has 140 valence electrons. The van der Waals surface area contributed by atoms with Crippen LogP contribution >= 0.6 is 0 Å². The zero-order chi connectivity index (χ0) is 19.4. The zero-order valence-electron chi connectivity index (χ0n) is 14.7. The quantitative estimate of drug-likeness (QED) is 0.780. The summed E-state index contributed by atoms with van der Waals surface area (Å²) in [5.74, 6) is -1.38. The molecule has 2 aromatic carbocycles. The lowest BCUT2D eigenvalue weighted by molar-refractivity contribution is -0.305. The van der Waals surface area contributed by atoms with Gasteiger partial charge in [0.15, 0.2) is 0 Å². The standard InChI is InChI=1S/C20H19FN2O4/c1-27-16-8-4-13(5-9-16)17-12-18(14-2-6-15(21)7-3-14)23(22-17)19(24)10-11-20(25)26/h2-9,18H,10-12H2,1H3,(H,25,26)/p-1/t18-/m1/s1. The number of carbonyl (C=O) groups is 2. The van der Waals surface area contributed by atoms with Gasteiger partial charge in [-0.25, -0.2) is 9.40 Å². The number of halogens is 1. The zero-order valence-corrected chi connectivity index (χ0v) is 14.7. The summed E-state index contributed by atoms with van der Waals surface area (Å²) in [7, 11) is 1.57. The van der Waals surface area contributed by atoms with Crippen molar-refractivity contribution >= 4 is 17.6 Å². The Kier molecular flexibility index (Phi) is 5.49. The van der Waals surface area contributed by atoms with Crippen molar-refractivity contribution in [3.05, 3.63) is 65.5 Å². The van der Waals surface area contributed by atoms with Crippen molar-refractivity contribution in [2.45, 2.75) is 25.3 Å². The molecule has 0 aliphatic carbocycles. The average Bonchev–Trinajstić information content (AvgIpc) is 3.12. The summed E-state index contributed by atoms with van der Waals surface area (Å²) < 4.78 is 18.4. The predicted molar refractivity (Wildman–Crippen MR) is 94.4 cm³/mol. The van der Waals surface area contributed by atoms with E-state index in [1.54, 1.807) is 31.4 Å². The highest BCUT2D eigenvalue weighted by atomic mass is 19.1. The maximum absolute atomic E-state index is 13.3. The third-order valence-corrected chi connectivity index (χ3v) is 4.39. The molecule has 0 saturated carbocycles. The van der Waals surface area contributed by atoms with Gasteiger partial charge in [-0.3, -0.25) is 4.79 Å². The van der Waals surface area contributed by atoms with Crippen LogP contribution in [0.3, 0.4) is 0 Å². The Bertz CT molecular complexity index is 863. The number of aliphatic carboxylic acids is 1. The van der Waals surface area contributed by atoms with Gasteiger partial charge in [-0.1, -0.05) is 12.1 Å². The predicted octanol–water partition coefficient (Wildman–Crippen LogP) is 2.04. The summed E-state index contributed by atoms with van der Waals surface area (Å²) in [5, 5.41) is 16.4. The van der Waals surface area contributed by atoms with Crippen molar-refractivity contribution in [1.29, 1.82) is 0 Å². The number of amides is 1. The SMILES string of the molecule is COc1ccc(C2=NN(C(=O)CCC(=O)[O-])[C@@H](c3ccc(F)cc3)C2)cc1. The number of hydrogen-bond acceptors (Lipinski definition) is 5. The van der Waals surface area contributed by atoms with Gasteiger partial charge in [0.05, 0.1) is 18.9 Å². The van der Waals surface area contributed by atoms with Gasteiger partial charge in [0.2, 0.25) is 5.91 Å². The average molecular weight is 369 g/mol. The summed E-state index contributed by atoms with van der Waals surface area (Å²) in [6, 6.07) is 12.7. The van der Waals surface area contributed by atoms with Crippen molar-refractivity contribution in [3.8, 4) is 5.75 Å². The molecular weight excluding hydrogens is 351 g/mol. The van der Waals surface area contributed by atoms with E-state index in [-0.39, 0.29) is 18.7 Å². The first-order chi connectivity index (χ1) is 13.0. The molecule has 0 spiro atoms. The molecule has 0 aromatic heterocycles. The lowest BCUT2D eigenvalue weighted by atomic mass is 9.98. The summed E-state index contributed by atoms with van der Waals surface area (Å²) in [5.41, 5.74) is 2.25. The molecule has 1 aliphatic heterocycles. The van der Waals surface area contributed by atoms with E-state index in [9.17, 15) is 19.1 Å². The number of hydrazone groups is 1. The Hall–Kier alpha value is -3.22. The van der Waals surface area contributed by atoms with Crippen LogP contribution in [0.15, 0.2) is 53.6 Å². The number of carboxylic acids is 1. The molecule has 1 atom stereocenters. The summed E-state index contributed by atoms with van der Waals surface area (Å²) in [4.78, 5) is 23.2. The van der Waals surface area contributed by atoms with Crippen LogP contribution in [0, 0.1) is 5.82 Å². The lowest BCUT2D eigenvalue weighted by Crippen LogP contribution is -2.29. The van der Waals surface area contributed by atoms with E-state index < -0.39 is 17.9 Å². The van der Waals surface area contributed by atoms with Crippen molar-refractivity contribution in [1.82, 2.24) is 5.01 Å². The van der Waals surface area contributed by atoms with Gasteiger partial charge in [-0.05, 0) is 53.9 Å². The fourth-order valence-corrected chi connectivity index (χ4v) is 2.97. The maximum Gasteiger partial charge on any atom is 0.243 e. The third-order valence-electron chi connectivity index (χ3n) is 4.39. The Morgan fingerprint density at radius 1 is 1.15 bits per heavy atom. The van der Waals surface area contributed by atoms with Crippen LogP contribution in [0.4, 0.5) is 4.39 Å². The van der Waals surface area contributed by atoms with E-state index in [4.69, 9.17) is 4.74 Å². The molecule has 0 unspecified atom stereocenters. The first kappa shape index (κ1) is 18.6. The van der Waals surface area contributed by atoms with Crippen molar-refractivity contribution in [2.75, 3.05) is 7.11 Å². The van der Waals surface area contributed by atoms with E-state index in [1.165, 1.54) is 17.1 Å². The van der Waals surface area contributed by atoms with Gasteiger partial charge in [-0.2, -0.15) is 5.10 Å². The first-order valence-corrected chi connectivity index (χ1v) is 8.47. The molecule has 1 amide bonds. The molecule has 2 aromatic rings. The summed E-state index contributed by atoms with van der Waals surface area (Å²) >= 11 is 0. The molecule has 0 radical (unpaired) electrons. The van der Waals surface area contributed by atoms with Crippen molar-refractivity contribution in [2.24, 2.45) is 5.10 Å². The highest BCUT2D eigenvalue weighted by Gasteiger charge is 2.32. The number of hydrogen-bond donors (Lipinski definition) is 0. The van der Waals surface area contributed by atoms with Gasteiger partial charge in [0.25, 0.3) is 0 Å². The fraction of sp³-hybridized carbons (Fsp3) is 0.250. The molecule has 0 bridgehead atoms. The number of rotatable bonds is 6. The Morgan fingerprint density at radius 2 is 1.81 bits per heavy atom. The number of carbonyl (C=O) groups excluding carboxylic acids is 2. The highest BCUT2D eigenvalue weighted by Crippen LogP contribution is 2.33. The molecule has 6 nitrogen and oxygen atoms in total. The van der Waals surface area contributed by atoms with Crippen molar-refractivity contribution < 1.29 is 23.8 Å². The summed E-state index contributed by atoms with van der Waals surface area (Å²) in [6.45, 7) is 0. The molecule has 3 rings (SSSR count). The number of ether oxygens (including phenoxy) is 1. The highest BCUT2D eigenvalue weighted by molar-refractivity contribution is 6.03. The molecule has 1 heterocycles. The Labute approximate surface area is 155 Å². The van der Waals surface area contributed by atoms with Gasteiger partial charge in [-0.15, -0.1) is 0 Å². The number of methoxy groups -OCH3 is 1. The second-order valence-corrected chi connectivity index (χ2v) is 6.16. The van der Waals surface area contributed by atoms with Crippen molar-refractivity contribution in [3.63, 3.8) is 0 Å². The summed E-state index contributed by atoms with van der Waals surface area (Å²) in [6.07, 6.45) is -0.146. The van der Waals surface area contributed by atoms with Crippen LogP contribution in [-0.2, 0) is 9.59 Å². The minimum absolute atomic E-state index is 0.209. The molecule has 1 aliphatic rings. The van der Waals surface area contributed by atoms with E-state index in [0.29, 0.717) is 17.9 Å². The van der Waals surface area contributed by atoms with E-state index in [1.807, 2.05) is 12.1 Å². The fourth-order valence-electron chi connectivity index (χ4n) is 2.97. The van der Waals surface area contributed by atoms with E-state index >= 15 is 0 Å².